The molecule has 4 aromatic rings. The fourth-order valence-corrected chi connectivity index (χ4v) is 2.53. The van der Waals surface area contributed by atoms with E-state index in [1.807, 2.05) is 31.2 Å². The largest absolute Gasteiger partial charge is 0.459 e. The molecule has 4 rings (SSSR count). The van der Waals surface area contributed by atoms with E-state index >= 15 is 0 Å². The summed E-state index contributed by atoms with van der Waals surface area (Å²) in [5.41, 5.74) is 4.04. The molecule has 0 spiro atoms. The van der Waals surface area contributed by atoms with Gasteiger partial charge in [0.05, 0.1) is 6.26 Å². The summed E-state index contributed by atoms with van der Waals surface area (Å²) in [4.78, 5) is 16.6. The molecular weight excluding hydrogens is 304 g/mol. The van der Waals surface area contributed by atoms with Gasteiger partial charge < -0.3 is 14.2 Å². The highest BCUT2D eigenvalue weighted by molar-refractivity contribution is 6.03. The second-order valence-electron chi connectivity index (χ2n) is 5.45. The Morgan fingerprint density at radius 3 is 2.75 bits per heavy atom. The Labute approximate surface area is 137 Å². The molecule has 2 aromatic heterocycles. The van der Waals surface area contributed by atoms with Crippen LogP contribution in [0, 0.1) is 6.92 Å². The van der Waals surface area contributed by atoms with E-state index in [9.17, 15) is 4.79 Å². The average Bonchev–Trinajstić information content (AvgIpc) is 3.24. The normalized spacial score (nSPS) is 10.9. The Balaban J connectivity index is 1.66. The van der Waals surface area contributed by atoms with Crippen LogP contribution in [0.2, 0.25) is 0 Å². The first-order valence-electron chi connectivity index (χ1n) is 7.52. The number of hydrogen-bond acceptors (Lipinski definition) is 4. The van der Waals surface area contributed by atoms with E-state index in [0.29, 0.717) is 22.7 Å². The average molecular weight is 318 g/mol. The maximum atomic E-state index is 12.0. The molecule has 0 aliphatic heterocycles. The Bertz CT molecular complexity index is 1020. The van der Waals surface area contributed by atoms with Gasteiger partial charge in [-0.25, -0.2) is 4.98 Å². The molecule has 2 aromatic carbocycles. The third-order valence-electron chi connectivity index (χ3n) is 3.77. The van der Waals surface area contributed by atoms with E-state index in [0.717, 1.165) is 11.1 Å². The van der Waals surface area contributed by atoms with Crippen molar-refractivity contribution in [2.75, 3.05) is 5.32 Å². The quantitative estimate of drug-likeness (QED) is 0.597. The highest BCUT2D eigenvalue weighted by Crippen LogP contribution is 2.28. The first-order chi connectivity index (χ1) is 11.7. The number of aryl methyl sites for hydroxylation is 1. The lowest BCUT2D eigenvalue weighted by Gasteiger charge is -2.01. The van der Waals surface area contributed by atoms with Crippen LogP contribution < -0.4 is 5.32 Å². The number of benzene rings is 2. The van der Waals surface area contributed by atoms with E-state index in [1.165, 1.54) is 6.26 Å². The molecule has 1 amide bonds. The minimum Gasteiger partial charge on any atom is -0.459 e. The lowest BCUT2D eigenvalue weighted by atomic mass is 10.1. The minimum atomic E-state index is -0.304. The van der Waals surface area contributed by atoms with Gasteiger partial charge >= 0.3 is 0 Å². The molecule has 0 aliphatic rings. The molecule has 24 heavy (non-hydrogen) atoms. The number of carbonyl (C=O) groups excluding carboxylic acids is 1. The van der Waals surface area contributed by atoms with Gasteiger partial charge in [-0.2, -0.15) is 0 Å². The molecule has 0 saturated carbocycles. The number of rotatable bonds is 3. The number of fused-ring (bicyclic) bond motifs is 1. The van der Waals surface area contributed by atoms with Crippen molar-refractivity contribution in [3.05, 3.63) is 72.2 Å². The van der Waals surface area contributed by atoms with Gasteiger partial charge in [0.1, 0.15) is 5.52 Å². The molecule has 5 nitrogen and oxygen atoms in total. The van der Waals surface area contributed by atoms with Gasteiger partial charge in [0, 0.05) is 11.3 Å². The minimum absolute atomic E-state index is 0.260. The monoisotopic (exact) mass is 318 g/mol. The van der Waals surface area contributed by atoms with E-state index < -0.39 is 0 Å². The van der Waals surface area contributed by atoms with Gasteiger partial charge in [0.15, 0.2) is 11.3 Å². The van der Waals surface area contributed by atoms with Gasteiger partial charge in [-0.05, 0) is 48.9 Å². The summed E-state index contributed by atoms with van der Waals surface area (Å²) >= 11 is 0. The molecule has 0 radical (unpaired) electrons. The predicted octanol–water partition coefficient (Wildman–Crippen LogP) is 4.65. The number of furan rings is 1. The van der Waals surface area contributed by atoms with Gasteiger partial charge in [0.2, 0.25) is 5.89 Å². The summed E-state index contributed by atoms with van der Waals surface area (Å²) in [7, 11) is 0. The zero-order valence-corrected chi connectivity index (χ0v) is 12.9. The number of carbonyl (C=O) groups is 1. The van der Waals surface area contributed by atoms with E-state index in [4.69, 9.17) is 8.83 Å². The highest BCUT2D eigenvalue weighted by atomic mass is 16.3. The van der Waals surface area contributed by atoms with Crippen molar-refractivity contribution in [1.29, 1.82) is 0 Å². The van der Waals surface area contributed by atoms with Gasteiger partial charge in [-0.3, -0.25) is 4.79 Å². The maximum absolute atomic E-state index is 12.0. The molecule has 0 unspecified atom stereocenters. The van der Waals surface area contributed by atoms with Crippen LogP contribution in [-0.4, -0.2) is 10.9 Å². The zero-order valence-electron chi connectivity index (χ0n) is 12.9. The van der Waals surface area contributed by atoms with Crippen LogP contribution >= 0.6 is 0 Å². The van der Waals surface area contributed by atoms with E-state index in [-0.39, 0.29) is 11.7 Å². The van der Waals surface area contributed by atoms with Crippen LogP contribution in [0.5, 0.6) is 0 Å². The molecule has 1 N–H and O–H groups in total. The zero-order chi connectivity index (χ0) is 16.5. The molecular formula is C19H14N2O3. The number of hydrogen-bond donors (Lipinski definition) is 1. The summed E-state index contributed by atoms with van der Waals surface area (Å²) in [5, 5.41) is 2.78. The maximum Gasteiger partial charge on any atom is 0.291 e. The highest BCUT2D eigenvalue weighted by Gasteiger charge is 2.13. The van der Waals surface area contributed by atoms with Crippen molar-refractivity contribution in [1.82, 2.24) is 4.98 Å². The second-order valence-corrected chi connectivity index (χ2v) is 5.45. The van der Waals surface area contributed by atoms with Crippen molar-refractivity contribution in [2.45, 2.75) is 6.92 Å². The lowest BCUT2D eigenvalue weighted by molar-refractivity contribution is 0.0996. The molecule has 0 saturated heterocycles. The van der Waals surface area contributed by atoms with E-state index in [1.54, 1.807) is 30.3 Å². The third kappa shape index (κ3) is 2.56. The van der Waals surface area contributed by atoms with Gasteiger partial charge in [-0.1, -0.05) is 18.2 Å². The summed E-state index contributed by atoms with van der Waals surface area (Å²) in [6, 6.07) is 16.5. The van der Waals surface area contributed by atoms with Crippen LogP contribution in [0.15, 0.2) is 69.7 Å². The summed E-state index contributed by atoms with van der Waals surface area (Å²) in [6.07, 6.45) is 1.46. The standard InChI is InChI=1S/C19H14N2O3/c1-12-5-2-3-6-14(12)19-21-15-11-13(8-9-16(15)24-19)20-18(22)17-7-4-10-23-17/h2-11H,1H3,(H,20,22). The molecule has 5 heteroatoms. The Hall–Kier alpha value is -3.34. The molecule has 0 bridgehead atoms. The number of nitrogens with zero attached hydrogens (tertiary/aromatic N) is 1. The summed E-state index contributed by atoms with van der Waals surface area (Å²) < 4.78 is 10.9. The lowest BCUT2D eigenvalue weighted by Crippen LogP contribution is -2.10. The van der Waals surface area contributed by atoms with Crippen LogP contribution in [0.3, 0.4) is 0 Å². The van der Waals surface area contributed by atoms with Crippen LogP contribution in [0.25, 0.3) is 22.6 Å². The fourth-order valence-electron chi connectivity index (χ4n) is 2.53. The number of oxazole rings is 1. The Morgan fingerprint density at radius 1 is 1.08 bits per heavy atom. The van der Waals surface area contributed by atoms with Gasteiger partial charge in [0.25, 0.3) is 5.91 Å². The smallest absolute Gasteiger partial charge is 0.291 e. The summed E-state index contributed by atoms with van der Waals surface area (Å²) in [5.74, 6) is 0.524. The number of anilines is 1. The van der Waals surface area contributed by atoms with Crippen molar-refractivity contribution >= 4 is 22.7 Å². The van der Waals surface area contributed by atoms with Crippen molar-refractivity contribution < 1.29 is 13.6 Å². The van der Waals surface area contributed by atoms with Crippen molar-refractivity contribution in [3.63, 3.8) is 0 Å². The van der Waals surface area contributed by atoms with Crippen molar-refractivity contribution in [2.24, 2.45) is 0 Å². The number of nitrogens with one attached hydrogen (secondary N) is 1. The van der Waals surface area contributed by atoms with Gasteiger partial charge in [-0.15, -0.1) is 0 Å². The fraction of sp³-hybridized carbons (Fsp3) is 0.0526. The summed E-state index contributed by atoms with van der Waals surface area (Å²) in [6.45, 7) is 2.01. The molecule has 2 heterocycles. The first-order valence-corrected chi connectivity index (χ1v) is 7.52. The molecule has 0 atom stereocenters. The Morgan fingerprint density at radius 2 is 1.96 bits per heavy atom. The SMILES string of the molecule is Cc1ccccc1-c1nc2cc(NC(=O)c3ccco3)ccc2o1. The van der Waals surface area contributed by atoms with Crippen LogP contribution in [0.4, 0.5) is 5.69 Å². The van der Waals surface area contributed by atoms with Crippen LogP contribution in [-0.2, 0) is 0 Å². The molecule has 0 aliphatic carbocycles. The number of aromatic nitrogens is 1. The first kappa shape index (κ1) is 14.3. The second kappa shape index (κ2) is 5.70. The van der Waals surface area contributed by atoms with Crippen LogP contribution in [0.1, 0.15) is 16.1 Å². The number of amides is 1. The van der Waals surface area contributed by atoms with Crippen molar-refractivity contribution in [3.8, 4) is 11.5 Å². The molecule has 0 fully saturated rings. The third-order valence-corrected chi connectivity index (χ3v) is 3.77. The van der Waals surface area contributed by atoms with E-state index in [2.05, 4.69) is 10.3 Å². The Kier molecular flexibility index (Phi) is 3.39. The molecule has 118 valence electrons. The topological polar surface area (TPSA) is 68.3 Å². The predicted molar refractivity (Wildman–Crippen MR) is 90.8 cm³/mol.